The van der Waals surface area contributed by atoms with Gasteiger partial charge in [0.1, 0.15) is 0 Å². The Morgan fingerprint density at radius 3 is 3.10 bits per heavy atom. The molecule has 54 valence electrons. The largest absolute Gasteiger partial charge is 0.397 e. The number of hydrogen-bond acceptors (Lipinski definition) is 4. The Hall–Kier alpha value is -0.190. The van der Waals surface area contributed by atoms with Crippen LogP contribution in [0.3, 0.4) is 0 Å². The van der Waals surface area contributed by atoms with Crippen LogP contribution in [0.5, 0.6) is 0 Å². The molecule has 2 heterocycles. The summed E-state index contributed by atoms with van der Waals surface area (Å²) in [5, 5.41) is 2.23. The topological polar surface area (TPSA) is 52.0 Å². The van der Waals surface area contributed by atoms with Gasteiger partial charge in [0.2, 0.25) is 0 Å². The van der Waals surface area contributed by atoms with Crippen molar-refractivity contribution in [2.24, 2.45) is 5.73 Å². The van der Waals surface area contributed by atoms with Crippen LogP contribution >= 0.6 is 23.1 Å². The molecule has 0 radical (unpaired) electrons. The number of thiophene rings is 1. The van der Waals surface area contributed by atoms with Crippen LogP contribution in [0.25, 0.3) is 0 Å². The highest BCUT2D eigenvalue weighted by atomic mass is 32.2. The molecule has 1 aliphatic heterocycles. The third-order valence-electron chi connectivity index (χ3n) is 1.50. The van der Waals surface area contributed by atoms with Crippen molar-refractivity contribution in [3.8, 4) is 0 Å². The minimum atomic E-state index is 0.241. The minimum Gasteiger partial charge on any atom is -0.397 e. The molecule has 1 aliphatic rings. The van der Waals surface area contributed by atoms with Gasteiger partial charge in [-0.05, 0) is 0 Å². The molecule has 0 saturated carbocycles. The van der Waals surface area contributed by atoms with Gasteiger partial charge in [-0.3, -0.25) is 0 Å². The first-order chi connectivity index (χ1) is 4.77. The van der Waals surface area contributed by atoms with Gasteiger partial charge < -0.3 is 11.5 Å². The van der Waals surface area contributed by atoms with E-state index < -0.39 is 0 Å². The van der Waals surface area contributed by atoms with Crippen molar-refractivity contribution in [2.45, 2.75) is 16.7 Å². The summed E-state index contributed by atoms with van der Waals surface area (Å²) in [6.45, 7) is 0. The number of nitrogens with two attached hydrogens (primary N) is 2. The standard InChI is InChI=1S/C6H8N2S2/c7-3-2-9-4-1-5(8)10-6(3)4/h2,5H,1,7-8H2. The van der Waals surface area contributed by atoms with E-state index >= 15 is 0 Å². The third-order valence-corrected chi connectivity index (χ3v) is 3.84. The summed E-state index contributed by atoms with van der Waals surface area (Å²) in [6, 6.07) is 0. The lowest BCUT2D eigenvalue weighted by atomic mass is 10.3. The summed E-state index contributed by atoms with van der Waals surface area (Å²) in [7, 11) is 0. The fourth-order valence-corrected chi connectivity index (χ4v) is 3.37. The first-order valence-electron chi connectivity index (χ1n) is 3.05. The molecule has 2 nitrogen and oxygen atoms in total. The lowest BCUT2D eigenvalue weighted by molar-refractivity contribution is 0.936. The van der Waals surface area contributed by atoms with Gasteiger partial charge in [0.25, 0.3) is 0 Å². The summed E-state index contributed by atoms with van der Waals surface area (Å²) in [4.78, 5) is 2.58. The number of hydrogen-bond donors (Lipinski definition) is 2. The summed E-state index contributed by atoms with van der Waals surface area (Å²) in [5.74, 6) is 0. The van der Waals surface area contributed by atoms with Gasteiger partial charge >= 0.3 is 0 Å². The van der Waals surface area contributed by atoms with Crippen LogP contribution in [0.2, 0.25) is 0 Å². The molecule has 0 aromatic carbocycles. The van der Waals surface area contributed by atoms with Gasteiger partial charge in [-0.1, -0.05) is 0 Å². The number of rotatable bonds is 0. The Kier molecular flexibility index (Phi) is 1.40. The van der Waals surface area contributed by atoms with Crippen molar-refractivity contribution < 1.29 is 0 Å². The van der Waals surface area contributed by atoms with Crippen molar-refractivity contribution in [3.63, 3.8) is 0 Å². The van der Waals surface area contributed by atoms with Crippen LogP contribution < -0.4 is 11.5 Å². The Labute approximate surface area is 67.6 Å². The van der Waals surface area contributed by atoms with Crippen molar-refractivity contribution in [1.29, 1.82) is 0 Å². The molecular weight excluding hydrogens is 164 g/mol. The molecule has 1 atom stereocenters. The number of thioether (sulfide) groups is 1. The Bertz CT molecular complexity index is 256. The average Bonchev–Trinajstić information content (AvgIpc) is 2.35. The van der Waals surface area contributed by atoms with E-state index in [1.165, 1.54) is 9.77 Å². The summed E-state index contributed by atoms with van der Waals surface area (Å²) in [6.07, 6.45) is 0.988. The fraction of sp³-hybridized carbons (Fsp3) is 0.333. The SMILES string of the molecule is Nc1csc2c1SC(N)C2. The first kappa shape index (κ1) is 6.52. The first-order valence-corrected chi connectivity index (χ1v) is 4.81. The fourth-order valence-electron chi connectivity index (χ4n) is 1.05. The highest BCUT2D eigenvalue weighted by Gasteiger charge is 2.22. The van der Waals surface area contributed by atoms with Crippen molar-refractivity contribution >= 4 is 28.8 Å². The number of nitrogen functional groups attached to an aromatic ring is 1. The van der Waals surface area contributed by atoms with Crippen LogP contribution in [0, 0.1) is 0 Å². The van der Waals surface area contributed by atoms with Gasteiger partial charge in [0, 0.05) is 21.6 Å². The normalized spacial score (nSPS) is 23.1. The van der Waals surface area contributed by atoms with Gasteiger partial charge in [-0.2, -0.15) is 0 Å². The molecule has 2 rings (SSSR count). The van der Waals surface area contributed by atoms with Crippen LogP contribution in [-0.4, -0.2) is 5.37 Å². The molecule has 0 saturated heterocycles. The highest BCUT2D eigenvalue weighted by Crippen LogP contribution is 2.42. The van der Waals surface area contributed by atoms with E-state index in [2.05, 4.69) is 0 Å². The van der Waals surface area contributed by atoms with E-state index in [-0.39, 0.29) is 5.37 Å². The van der Waals surface area contributed by atoms with E-state index in [4.69, 9.17) is 11.5 Å². The zero-order chi connectivity index (χ0) is 7.14. The molecule has 1 aromatic heterocycles. The van der Waals surface area contributed by atoms with E-state index in [0.717, 1.165) is 12.1 Å². The monoisotopic (exact) mass is 172 g/mol. The predicted octanol–water partition coefficient (Wildman–Crippen LogP) is 1.26. The quantitative estimate of drug-likeness (QED) is 0.619. The number of anilines is 1. The molecule has 0 aliphatic carbocycles. The summed E-state index contributed by atoms with van der Waals surface area (Å²) in [5.41, 5.74) is 12.3. The second kappa shape index (κ2) is 2.15. The van der Waals surface area contributed by atoms with Gasteiger partial charge in [0.05, 0.1) is 11.1 Å². The second-order valence-corrected chi connectivity index (χ2v) is 4.52. The molecule has 0 fully saturated rings. The van der Waals surface area contributed by atoms with E-state index in [9.17, 15) is 0 Å². The maximum absolute atomic E-state index is 5.71. The Morgan fingerprint density at radius 2 is 2.40 bits per heavy atom. The molecule has 10 heavy (non-hydrogen) atoms. The Morgan fingerprint density at radius 1 is 1.60 bits per heavy atom. The maximum atomic E-state index is 5.71. The van der Waals surface area contributed by atoms with Crippen LogP contribution in [0.15, 0.2) is 10.3 Å². The Balaban J connectivity index is 2.44. The smallest absolute Gasteiger partial charge is 0.0604 e. The van der Waals surface area contributed by atoms with Gasteiger partial charge in [-0.15, -0.1) is 23.1 Å². The second-order valence-electron chi connectivity index (χ2n) is 2.30. The molecule has 1 unspecified atom stereocenters. The lowest BCUT2D eigenvalue weighted by Crippen LogP contribution is -2.12. The van der Waals surface area contributed by atoms with Crippen molar-refractivity contribution in [1.82, 2.24) is 0 Å². The molecule has 4 heteroatoms. The van der Waals surface area contributed by atoms with Crippen LogP contribution in [-0.2, 0) is 6.42 Å². The van der Waals surface area contributed by atoms with Crippen LogP contribution in [0.4, 0.5) is 5.69 Å². The summed E-state index contributed by atoms with van der Waals surface area (Å²) >= 11 is 3.40. The maximum Gasteiger partial charge on any atom is 0.0604 e. The minimum absolute atomic E-state index is 0.241. The van der Waals surface area contributed by atoms with Gasteiger partial charge in [0.15, 0.2) is 0 Å². The van der Waals surface area contributed by atoms with Gasteiger partial charge in [-0.25, -0.2) is 0 Å². The van der Waals surface area contributed by atoms with Crippen molar-refractivity contribution in [2.75, 3.05) is 5.73 Å². The predicted molar refractivity (Wildman–Crippen MR) is 46.3 cm³/mol. The molecule has 0 bridgehead atoms. The van der Waals surface area contributed by atoms with Crippen molar-refractivity contribution in [3.05, 3.63) is 10.3 Å². The van der Waals surface area contributed by atoms with E-state index in [1.54, 1.807) is 23.1 Å². The lowest BCUT2D eigenvalue weighted by Gasteiger charge is -1.96. The number of fused-ring (bicyclic) bond motifs is 1. The van der Waals surface area contributed by atoms with E-state index in [1.807, 2.05) is 5.38 Å². The zero-order valence-electron chi connectivity index (χ0n) is 5.33. The molecular formula is C6H8N2S2. The highest BCUT2D eigenvalue weighted by molar-refractivity contribution is 8.00. The van der Waals surface area contributed by atoms with E-state index in [0.29, 0.717) is 0 Å². The average molecular weight is 172 g/mol. The molecule has 1 aromatic rings. The summed E-state index contributed by atoms with van der Waals surface area (Å²) < 4.78 is 0. The van der Waals surface area contributed by atoms with Crippen LogP contribution in [0.1, 0.15) is 4.88 Å². The molecule has 4 N–H and O–H groups in total. The zero-order valence-corrected chi connectivity index (χ0v) is 6.97. The third kappa shape index (κ3) is 0.836. The molecule has 0 amide bonds. The molecule has 0 spiro atoms.